The zero-order chi connectivity index (χ0) is 15.2. The second kappa shape index (κ2) is 7.84. The zero-order valence-corrected chi connectivity index (χ0v) is 14.1. The van der Waals surface area contributed by atoms with E-state index in [9.17, 15) is 0 Å². The van der Waals surface area contributed by atoms with E-state index >= 15 is 0 Å². The molecule has 1 aromatic rings. The molecule has 1 aromatic carbocycles. The summed E-state index contributed by atoms with van der Waals surface area (Å²) in [6.07, 6.45) is 5.77. The van der Waals surface area contributed by atoms with Gasteiger partial charge < -0.3 is 10.1 Å². The van der Waals surface area contributed by atoms with Crippen molar-refractivity contribution in [2.24, 2.45) is 11.8 Å². The Morgan fingerprint density at radius 2 is 1.76 bits per heavy atom. The minimum atomic E-state index is 0.221. The molecule has 1 aliphatic carbocycles. The topological polar surface area (TPSA) is 21.3 Å². The molecule has 0 aromatic heterocycles. The summed E-state index contributed by atoms with van der Waals surface area (Å²) in [6, 6.07) is 8.76. The SMILES string of the molecule is CC1CCC(CNC(C)c2ccccc2OC(C)C)CC1. The molecule has 0 bridgehead atoms. The zero-order valence-electron chi connectivity index (χ0n) is 14.1. The van der Waals surface area contributed by atoms with Crippen molar-refractivity contribution in [2.75, 3.05) is 6.54 Å². The summed E-state index contributed by atoms with van der Waals surface area (Å²) in [4.78, 5) is 0. The monoisotopic (exact) mass is 289 g/mol. The van der Waals surface area contributed by atoms with Crippen LogP contribution in [0.3, 0.4) is 0 Å². The second-order valence-electron chi connectivity index (χ2n) is 6.96. The van der Waals surface area contributed by atoms with Crippen molar-refractivity contribution in [3.63, 3.8) is 0 Å². The highest BCUT2D eigenvalue weighted by Crippen LogP contribution is 2.29. The molecule has 0 radical (unpaired) electrons. The van der Waals surface area contributed by atoms with Crippen molar-refractivity contribution in [3.05, 3.63) is 29.8 Å². The van der Waals surface area contributed by atoms with Gasteiger partial charge in [-0.15, -0.1) is 0 Å². The van der Waals surface area contributed by atoms with E-state index < -0.39 is 0 Å². The number of benzene rings is 1. The molecule has 0 heterocycles. The summed E-state index contributed by atoms with van der Waals surface area (Å²) < 4.78 is 5.93. The average molecular weight is 289 g/mol. The molecule has 1 atom stereocenters. The van der Waals surface area contributed by atoms with Crippen LogP contribution in [0.2, 0.25) is 0 Å². The Hall–Kier alpha value is -1.02. The van der Waals surface area contributed by atoms with Gasteiger partial charge in [0.05, 0.1) is 6.10 Å². The van der Waals surface area contributed by atoms with Gasteiger partial charge in [-0.2, -0.15) is 0 Å². The number of hydrogen-bond donors (Lipinski definition) is 1. The lowest BCUT2D eigenvalue weighted by atomic mass is 9.83. The molecular weight excluding hydrogens is 258 g/mol. The summed E-state index contributed by atoms with van der Waals surface area (Å²) in [7, 11) is 0. The van der Waals surface area contributed by atoms with Crippen molar-refractivity contribution in [1.29, 1.82) is 0 Å². The van der Waals surface area contributed by atoms with Crippen molar-refractivity contribution in [3.8, 4) is 5.75 Å². The summed E-state index contributed by atoms with van der Waals surface area (Å²) in [6.45, 7) is 9.92. The standard InChI is InChI=1S/C19H31NO/c1-14(2)21-19-8-6-5-7-18(19)16(4)20-13-17-11-9-15(3)10-12-17/h5-8,14-17,20H,9-13H2,1-4H3. The van der Waals surface area contributed by atoms with Gasteiger partial charge in [0, 0.05) is 11.6 Å². The molecule has 2 rings (SSSR count). The molecule has 1 fully saturated rings. The van der Waals surface area contributed by atoms with E-state index in [1.54, 1.807) is 0 Å². The van der Waals surface area contributed by atoms with Crippen molar-refractivity contribution in [2.45, 2.75) is 65.5 Å². The van der Waals surface area contributed by atoms with Crippen LogP contribution in [0.4, 0.5) is 0 Å². The lowest BCUT2D eigenvalue weighted by molar-refractivity contribution is 0.236. The number of nitrogens with one attached hydrogen (secondary N) is 1. The van der Waals surface area contributed by atoms with Crippen LogP contribution in [-0.4, -0.2) is 12.6 Å². The fourth-order valence-electron chi connectivity index (χ4n) is 3.19. The fraction of sp³-hybridized carbons (Fsp3) is 0.684. The molecular formula is C19H31NO. The van der Waals surface area contributed by atoms with Crippen LogP contribution < -0.4 is 10.1 Å². The van der Waals surface area contributed by atoms with Gasteiger partial charge in [-0.25, -0.2) is 0 Å². The summed E-state index contributed by atoms with van der Waals surface area (Å²) >= 11 is 0. The normalized spacial score (nSPS) is 24.0. The van der Waals surface area contributed by atoms with Crippen LogP contribution in [0.1, 0.15) is 65.0 Å². The van der Waals surface area contributed by atoms with Gasteiger partial charge in [-0.3, -0.25) is 0 Å². The molecule has 21 heavy (non-hydrogen) atoms. The van der Waals surface area contributed by atoms with E-state index in [0.717, 1.165) is 24.1 Å². The van der Waals surface area contributed by atoms with E-state index in [1.165, 1.54) is 31.2 Å². The lowest BCUT2D eigenvalue weighted by Gasteiger charge is -2.28. The first-order valence-electron chi connectivity index (χ1n) is 8.55. The highest BCUT2D eigenvalue weighted by Gasteiger charge is 2.19. The first kappa shape index (κ1) is 16.4. The van der Waals surface area contributed by atoms with Crippen molar-refractivity contribution in [1.82, 2.24) is 5.32 Å². The second-order valence-corrected chi connectivity index (χ2v) is 6.96. The highest BCUT2D eigenvalue weighted by atomic mass is 16.5. The van der Waals surface area contributed by atoms with Crippen LogP contribution in [0.5, 0.6) is 5.75 Å². The van der Waals surface area contributed by atoms with Gasteiger partial charge >= 0.3 is 0 Å². The molecule has 0 amide bonds. The van der Waals surface area contributed by atoms with Gasteiger partial charge in [0.1, 0.15) is 5.75 Å². The number of rotatable bonds is 6. The highest BCUT2D eigenvalue weighted by molar-refractivity contribution is 5.35. The summed E-state index contributed by atoms with van der Waals surface area (Å²) in [5, 5.41) is 3.72. The van der Waals surface area contributed by atoms with E-state index in [-0.39, 0.29) is 6.10 Å². The third-order valence-electron chi connectivity index (χ3n) is 4.60. The first-order valence-corrected chi connectivity index (χ1v) is 8.55. The molecule has 1 saturated carbocycles. The fourth-order valence-corrected chi connectivity index (χ4v) is 3.19. The Balaban J connectivity index is 1.89. The van der Waals surface area contributed by atoms with Crippen molar-refractivity contribution < 1.29 is 4.74 Å². The summed E-state index contributed by atoms with van der Waals surface area (Å²) in [5.41, 5.74) is 1.27. The molecule has 1 N–H and O–H groups in total. The minimum Gasteiger partial charge on any atom is -0.491 e. The minimum absolute atomic E-state index is 0.221. The van der Waals surface area contributed by atoms with Gasteiger partial charge in [0.25, 0.3) is 0 Å². The van der Waals surface area contributed by atoms with E-state index in [2.05, 4.69) is 57.3 Å². The Labute approximate surface area is 130 Å². The largest absolute Gasteiger partial charge is 0.491 e. The predicted molar refractivity (Wildman–Crippen MR) is 89.7 cm³/mol. The van der Waals surface area contributed by atoms with Gasteiger partial charge in [0.15, 0.2) is 0 Å². The van der Waals surface area contributed by atoms with E-state index in [0.29, 0.717) is 6.04 Å². The maximum atomic E-state index is 5.93. The molecule has 118 valence electrons. The van der Waals surface area contributed by atoms with E-state index in [4.69, 9.17) is 4.74 Å². The average Bonchev–Trinajstić information content (AvgIpc) is 2.46. The van der Waals surface area contributed by atoms with Crippen LogP contribution in [0, 0.1) is 11.8 Å². The Morgan fingerprint density at radius 1 is 1.10 bits per heavy atom. The molecule has 2 nitrogen and oxygen atoms in total. The maximum Gasteiger partial charge on any atom is 0.124 e. The number of para-hydroxylation sites is 1. The Morgan fingerprint density at radius 3 is 2.43 bits per heavy atom. The third-order valence-corrected chi connectivity index (χ3v) is 4.60. The van der Waals surface area contributed by atoms with Crippen LogP contribution in [0.15, 0.2) is 24.3 Å². The maximum absolute atomic E-state index is 5.93. The molecule has 0 spiro atoms. The van der Waals surface area contributed by atoms with Gasteiger partial charge in [-0.1, -0.05) is 38.0 Å². The van der Waals surface area contributed by atoms with E-state index in [1.807, 2.05) is 0 Å². The smallest absolute Gasteiger partial charge is 0.124 e. The number of ether oxygens (including phenoxy) is 1. The van der Waals surface area contributed by atoms with Crippen LogP contribution in [0.25, 0.3) is 0 Å². The summed E-state index contributed by atoms with van der Waals surface area (Å²) in [5.74, 6) is 2.80. The Kier molecular flexibility index (Phi) is 6.10. The molecule has 2 heteroatoms. The third kappa shape index (κ3) is 5.03. The lowest BCUT2D eigenvalue weighted by Crippen LogP contribution is -2.28. The van der Waals surface area contributed by atoms with Crippen molar-refractivity contribution >= 4 is 0 Å². The van der Waals surface area contributed by atoms with Gasteiger partial charge in [0.2, 0.25) is 0 Å². The van der Waals surface area contributed by atoms with Gasteiger partial charge in [-0.05, 0) is 58.1 Å². The predicted octanol–water partition coefficient (Wildman–Crippen LogP) is 4.95. The molecule has 0 aliphatic heterocycles. The molecule has 1 unspecified atom stereocenters. The first-order chi connectivity index (χ1) is 10.1. The molecule has 0 saturated heterocycles. The molecule has 1 aliphatic rings. The number of hydrogen-bond acceptors (Lipinski definition) is 2. The van der Waals surface area contributed by atoms with Crippen LogP contribution in [-0.2, 0) is 0 Å². The quantitative estimate of drug-likeness (QED) is 0.800. The Bertz CT molecular complexity index is 421. The van der Waals surface area contributed by atoms with Crippen LogP contribution >= 0.6 is 0 Å².